The van der Waals surface area contributed by atoms with Crippen LogP contribution in [-0.2, 0) is 4.79 Å². The van der Waals surface area contributed by atoms with Gasteiger partial charge in [0, 0.05) is 19.6 Å². The molecule has 3 nitrogen and oxygen atoms in total. The third kappa shape index (κ3) is 4.34. The zero-order valence-electron chi connectivity index (χ0n) is 12.8. The van der Waals surface area contributed by atoms with Gasteiger partial charge in [-0.05, 0) is 37.5 Å². The van der Waals surface area contributed by atoms with Crippen LogP contribution in [0.25, 0.3) is 0 Å². The van der Waals surface area contributed by atoms with Gasteiger partial charge in [0.25, 0.3) is 0 Å². The normalized spacial score (nSPS) is 30.8. The van der Waals surface area contributed by atoms with E-state index in [-0.39, 0.29) is 30.7 Å². The van der Waals surface area contributed by atoms with Crippen LogP contribution < -0.4 is 5.32 Å². The zero-order chi connectivity index (χ0) is 15.7. The summed E-state index contributed by atoms with van der Waals surface area (Å²) in [6.45, 7) is 5.70. The minimum Gasteiger partial charge on any atom is -0.341 e. The minimum atomic E-state index is -4.16. The van der Waals surface area contributed by atoms with Crippen LogP contribution in [0.3, 0.4) is 0 Å². The molecule has 21 heavy (non-hydrogen) atoms. The summed E-state index contributed by atoms with van der Waals surface area (Å²) in [7, 11) is 0. The third-order valence-electron chi connectivity index (χ3n) is 4.83. The summed E-state index contributed by atoms with van der Waals surface area (Å²) in [6, 6.07) is -0.440. The fourth-order valence-electron chi connectivity index (χ4n) is 3.21. The molecule has 0 radical (unpaired) electrons. The molecule has 0 aliphatic carbocycles. The Hall–Kier alpha value is -0.780. The molecule has 6 heteroatoms. The van der Waals surface area contributed by atoms with Gasteiger partial charge in [-0.1, -0.05) is 13.8 Å². The maximum absolute atomic E-state index is 12.6. The van der Waals surface area contributed by atoms with E-state index in [1.165, 1.54) is 0 Å². The summed E-state index contributed by atoms with van der Waals surface area (Å²) in [5.74, 6) is -1.34. The van der Waals surface area contributed by atoms with Crippen LogP contribution in [0.15, 0.2) is 0 Å². The summed E-state index contributed by atoms with van der Waals surface area (Å²) < 4.78 is 37.9. The Balaban J connectivity index is 1.87. The molecule has 2 heterocycles. The second kappa shape index (κ2) is 6.15. The second-order valence-corrected chi connectivity index (χ2v) is 7.12. The average molecular weight is 306 g/mol. The molecule has 122 valence electrons. The van der Waals surface area contributed by atoms with Crippen molar-refractivity contribution in [3.05, 3.63) is 0 Å². The lowest BCUT2D eigenvalue weighted by atomic mass is 9.85. The van der Waals surface area contributed by atoms with Crippen molar-refractivity contribution in [2.75, 3.05) is 19.6 Å². The molecule has 1 N–H and O–H groups in total. The van der Waals surface area contributed by atoms with E-state index >= 15 is 0 Å². The first-order chi connectivity index (χ1) is 9.69. The van der Waals surface area contributed by atoms with E-state index in [1.54, 1.807) is 0 Å². The summed E-state index contributed by atoms with van der Waals surface area (Å²) in [6.07, 6.45) is -0.818. The second-order valence-electron chi connectivity index (χ2n) is 7.12. The van der Waals surface area contributed by atoms with Gasteiger partial charge in [0.2, 0.25) is 5.91 Å². The maximum atomic E-state index is 12.6. The molecule has 0 aromatic carbocycles. The highest BCUT2D eigenvalue weighted by Crippen LogP contribution is 2.33. The maximum Gasteiger partial charge on any atom is 0.393 e. The summed E-state index contributed by atoms with van der Waals surface area (Å²) in [4.78, 5) is 14.3. The molecule has 0 saturated carbocycles. The number of nitrogens with zero attached hydrogens (tertiary/aromatic N) is 1. The van der Waals surface area contributed by atoms with Gasteiger partial charge in [-0.25, -0.2) is 0 Å². The Bertz CT molecular complexity index is 374. The number of alkyl halides is 3. The van der Waals surface area contributed by atoms with Gasteiger partial charge in [0.1, 0.15) is 0 Å². The summed E-state index contributed by atoms with van der Waals surface area (Å²) in [5.41, 5.74) is 0.246. The number of amides is 1. The zero-order valence-corrected chi connectivity index (χ0v) is 12.8. The molecule has 1 amide bonds. The number of hydrogen-bond acceptors (Lipinski definition) is 2. The molecule has 0 aromatic rings. The lowest BCUT2D eigenvalue weighted by Gasteiger charge is -2.33. The number of hydrogen-bond donors (Lipinski definition) is 1. The summed E-state index contributed by atoms with van der Waals surface area (Å²) in [5, 5.41) is 2.80. The number of piperidine rings is 1. The highest BCUT2D eigenvalue weighted by atomic mass is 19.4. The Labute approximate surface area is 124 Å². The first-order valence-electron chi connectivity index (χ1n) is 7.78. The Morgan fingerprint density at radius 3 is 2.48 bits per heavy atom. The largest absolute Gasteiger partial charge is 0.393 e. The first kappa shape index (κ1) is 16.6. The Morgan fingerprint density at radius 1 is 1.19 bits per heavy atom. The number of halogens is 3. The highest BCUT2D eigenvalue weighted by Gasteiger charge is 2.43. The molecule has 2 aliphatic heterocycles. The molecule has 0 aromatic heterocycles. The summed E-state index contributed by atoms with van der Waals surface area (Å²) >= 11 is 0. The van der Waals surface area contributed by atoms with Gasteiger partial charge < -0.3 is 10.2 Å². The monoisotopic (exact) mass is 306 g/mol. The van der Waals surface area contributed by atoms with Crippen molar-refractivity contribution in [3.8, 4) is 0 Å². The average Bonchev–Trinajstić information content (AvgIpc) is 2.58. The lowest BCUT2D eigenvalue weighted by Crippen LogP contribution is -2.52. The molecule has 0 bridgehead atoms. The smallest absolute Gasteiger partial charge is 0.341 e. The topological polar surface area (TPSA) is 32.3 Å². The fourth-order valence-corrected chi connectivity index (χ4v) is 3.21. The number of carbonyl (C=O) groups excluding carboxylic acids is 1. The van der Waals surface area contributed by atoms with Gasteiger partial charge in [0.15, 0.2) is 0 Å². The molecule has 2 atom stereocenters. The van der Waals surface area contributed by atoms with E-state index in [2.05, 4.69) is 19.2 Å². The molecule has 0 spiro atoms. The van der Waals surface area contributed by atoms with Crippen LogP contribution in [0.5, 0.6) is 0 Å². The van der Waals surface area contributed by atoms with Gasteiger partial charge in [-0.3, -0.25) is 4.79 Å². The molecule has 2 rings (SSSR count). The SMILES string of the molecule is CC1(C)CCCN(C(=O)C2CCC(C(F)(F)F)CN2)CC1. The number of rotatable bonds is 1. The highest BCUT2D eigenvalue weighted by molar-refractivity contribution is 5.82. The van der Waals surface area contributed by atoms with E-state index in [9.17, 15) is 18.0 Å². The van der Waals surface area contributed by atoms with Crippen molar-refractivity contribution >= 4 is 5.91 Å². The van der Waals surface area contributed by atoms with Crippen LogP contribution in [0.4, 0.5) is 13.2 Å². The quantitative estimate of drug-likeness (QED) is 0.808. The number of nitrogens with one attached hydrogen (secondary N) is 1. The predicted octanol–water partition coefficient (Wildman–Crippen LogP) is 2.96. The van der Waals surface area contributed by atoms with E-state index in [0.717, 1.165) is 25.8 Å². The minimum absolute atomic E-state index is 0.0201. The Morgan fingerprint density at radius 2 is 1.90 bits per heavy atom. The molecule has 2 aliphatic rings. The molecule has 2 unspecified atom stereocenters. The molecule has 2 fully saturated rings. The van der Waals surface area contributed by atoms with Crippen molar-refractivity contribution in [2.45, 2.75) is 58.2 Å². The predicted molar refractivity (Wildman–Crippen MR) is 74.8 cm³/mol. The van der Waals surface area contributed by atoms with Crippen molar-refractivity contribution in [1.29, 1.82) is 0 Å². The molecular formula is C15H25F3N2O. The molecule has 2 saturated heterocycles. The van der Waals surface area contributed by atoms with E-state index in [4.69, 9.17) is 0 Å². The number of carbonyl (C=O) groups is 1. The molecular weight excluding hydrogens is 281 g/mol. The Kier molecular flexibility index (Phi) is 4.85. The fraction of sp³-hybridized carbons (Fsp3) is 0.933. The van der Waals surface area contributed by atoms with Crippen molar-refractivity contribution in [2.24, 2.45) is 11.3 Å². The van der Waals surface area contributed by atoms with Crippen LogP contribution in [0.2, 0.25) is 0 Å². The van der Waals surface area contributed by atoms with E-state index < -0.39 is 18.1 Å². The van der Waals surface area contributed by atoms with Crippen molar-refractivity contribution < 1.29 is 18.0 Å². The van der Waals surface area contributed by atoms with Gasteiger partial charge in [0.05, 0.1) is 12.0 Å². The lowest BCUT2D eigenvalue weighted by molar-refractivity contribution is -0.180. The van der Waals surface area contributed by atoms with Crippen LogP contribution in [0, 0.1) is 11.3 Å². The number of likely N-dealkylation sites (tertiary alicyclic amines) is 1. The van der Waals surface area contributed by atoms with Crippen molar-refractivity contribution in [1.82, 2.24) is 10.2 Å². The standard InChI is InChI=1S/C15H25F3N2O/c1-14(2)6-3-8-20(9-7-14)13(21)12-5-4-11(10-19-12)15(16,17)18/h11-12,19H,3-10H2,1-2H3. The van der Waals surface area contributed by atoms with E-state index in [0.29, 0.717) is 6.54 Å². The van der Waals surface area contributed by atoms with Crippen LogP contribution >= 0.6 is 0 Å². The van der Waals surface area contributed by atoms with Gasteiger partial charge >= 0.3 is 6.18 Å². The van der Waals surface area contributed by atoms with Crippen LogP contribution in [-0.4, -0.2) is 42.7 Å². The van der Waals surface area contributed by atoms with Crippen LogP contribution in [0.1, 0.15) is 46.0 Å². The van der Waals surface area contributed by atoms with Gasteiger partial charge in [-0.2, -0.15) is 13.2 Å². The van der Waals surface area contributed by atoms with Gasteiger partial charge in [-0.15, -0.1) is 0 Å². The third-order valence-corrected chi connectivity index (χ3v) is 4.83. The van der Waals surface area contributed by atoms with Crippen molar-refractivity contribution in [3.63, 3.8) is 0 Å². The first-order valence-corrected chi connectivity index (χ1v) is 7.78. The van der Waals surface area contributed by atoms with E-state index in [1.807, 2.05) is 4.90 Å².